The molecule has 0 saturated heterocycles. The predicted molar refractivity (Wildman–Crippen MR) is 63.5 cm³/mol. The predicted octanol–water partition coefficient (Wildman–Crippen LogP) is 2.02. The molecule has 0 spiro atoms. The van der Waals surface area contributed by atoms with Gasteiger partial charge in [0, 0.05) is 24.9 Å². The number of aromatic nitrogens is 2. The fourth-order valence-electron chi connectivity index (χ4n) is 2.16. The highest BCUT2D eigenvalue weighted by Crippen LogP contribution is 2.24. The van der Waals surface area contributed by atoms with Gasteiger partial charge in [-0.1, -0.05) is 6.92 Å². The quantitative estimate of drug-likeness (QED) is 0.845. The number of hydrogen-bond acceptors (Lipinski definition) is 4. The second-order valence-electron chi connectivity index (χ2n) is 4.26. The zero-order chi connectivity index (χ0) is 11.4. The van der Waals surface area contributed by atoms with Gasteiger partial charge in [0.1, 0.15) is 12.1 Å². The number of nitrogens with one attached hydrogen (secondary N) is 1. The normalized spacial score (nSPS) is 24.6. The molecule has 1 aromatic heterocycles. The van der Waals surface area contributed by atoms with Crippen molar-refractivity contribution in [1.82, 2.24) is 9.97 Å². The Bertz CT molecular complexity index is 343. The van der Waals surface area contributed by atoms with Crippen molar-refractivity contribution < 1.29 is 4.74 Å². The van der Waals surface area contributed by atoms with E-state index in [1.165, 1.54) is 0 Å². The number of rotatable bonds is 4. The molecule has 2 atom stereocenters. The highest BCUT2D eigenvalue weighted by atomic mass is 16.5. The van der Waals surface area contributed by atoms with Crippen molar-refractivity contribution in [2.45, 2.75) is 44.8 Å². The van der Waals surface area contributed by atoms with E-state index in [4.69, 9.17) is 4.74 Å². The van der Waals surface area contributed by atoms with Crippen LogP contribution < -0.4 is 5.32 Å². The molecule has 1 N–H and O–H groups in total. The number of ether oxygens (including phenoxy) is 1. The van der Waals surface area contributed by atoms with E-state index >= 15 is 0 Å². The van der Waals surface area contributed by atoms with Crippen LogP contribution in [0.25, 0.3) is 0 Å². The molecule has 0 aliphatic heterocycles. The van der Waals surface area contributed by atoms with Crippen LogP contribution in [0.4, 0.5) is 5.82 Å². The molecular weight excluding hydrogens is 202 g/mol. The Balaban J connectivity index is 1.94. The molecule has 1 aromatic rings. The molecular formula is C12H19N3O. The molecule has 88 valence electrons. The zero-order valence-electron chi connectivity index (χ0n) is 9.94. The van der Waals surface area contributed by atoms with Crippen molar-refractivity contribution in [3.63, 3.8) is 0 Å². The summed E-state index contributed by atoms with van der Waals surface area (Å²) in [6.07, 6.45) is 6.35. The molecule has 16 heavy (non-hydrogen) atoms. The van der Waals surface area contributed by atoms with E-state index < -0.39 is 0 Å². The van der Waals surface area contributed by atoms with Crippen molar-refractivity contribution in [1.29, 1.82) is 0 Å². The highest BCUT2D eigenvalue weighted by Gasteiger charge is 2.24. The lowest BCUT2D eigenvalue weighted by atomic mass is 10.2. The van der Waals surface area contributed by atoms with Gasteiger partial charge in [0.05, 0.1) is 6.10 Å². The molecule has 1 aliphatic carbocycles. The fraction of sp³-hybridized carbons (Fsp3) is 0.667. The van der Waals surface area contributed by atoms with Gasteiger partial charge in [-0.3, -0.25) is 0 Å². The van der Waals surface area contributed by atoms with Gasteiger partial charge in [-0.15, -0.1) is 0 Å². The second kappa shape index (κ2) is 5.25. The molecule has 1 saturated carbocycles. The van der Waals surface area contributed by atoms with Crippen LogP contribution in [0.5, 0.6) is 0 Å². The molecule has 4 nitrogen and oxygen atoms in total. The molecule has 0 aromatic carbocycles. The van der Waals surface area contributed by atoms with Gasteiger partial charge >= 0.3 is 0 Å². The first-order chi connectivity index (χ1) is 7.81. The molecule has 1 aliphatic rings. The van der Waals surface area contributed by atoms with Crippen molar-refractivity contribution in [2.75, 3.05) is 12.4 Å². The van der Waals surface area contributed by atoms with E-state index in [0.717, 1.165) is 37.2 Å². The maximum atomic E-state index is 5.35. The summed E-state index contributed by atoms with van der Waals surface area (Å²) in [5.41, 5.74) is 1.08. The average Bonchev–Trinajstić information content (AvgIpc) is 2.77. The summed E-state index contributed by atoms with van der Waals surface area (Å²) in [4.78, 5) is 8.43. The van der Waals surface area contributed by atoms with Gasteiger partial charge in [0.2, 0.25) is 0 Å². The minimum Gasteiger partial charge on any atom is -0.381 e. The Labute approximate surface area is 96.4 Å². The maximum absolute atomic E-state index is 5.35. The summed E-state index contributed by atoms with van der Waals surface area (Å²) in [5, 5.41) is 3.45. The number of anilines is 1. The Morgan fingerprint density at radius 2 is 2.31 bits per heavy atom. The van der Waals surface area contributed by atoms with E-state index in [0.29, 0.717) is 12.1 Å². The van der Waals surface area contributed by atoms with Crippen molar-refractivity contribution in [3.05, 3.63) is 18.1 Å². The van der Waals surface area contributed by atoms with Gasteiger partial charge in [-0.05, 0) is 25.7 Å². The van der Waals surface area contributed by atoms with Crippen LogP contribution in [0.2, 0.25) is 0 Å². The topological polar surface area (TPSA) is 47.0 Å². The van der Waals surface area contributed by atoms with Crippen molar-refractivity contribution >= 4 is 5.82 Å². The summed E-state index contributed by atoms with van der Waals surface area (Å²) in [6, 6.07) is 2.52. The van der Waals surface area contributed by atoms with E-state index in [2.05, 4.69) is 22.2 Å². The third-order valence-electron chi connectivity index (χ3n) is 3.16. The van der Waals surface area contributed by atoms with E-state index in [9.17, 15) is 0 Å². The van der Waals surface area contributed by atoms with Crippen LogP contribution in [0.15, 0.2) is 12.4 Å². The number of methoxy groups -OCH3 is 1. The Morgan fingerprint density at radius 3 is 3.00 bits per heavy atom. The molecule has 2 rings (SSSR count). The van der Waals surface area contributed by atoms with Crippen LogP contribution in [0.3, 0.4) is 0 Å². The summed E-state index contributed by atoms with van der Waals surface area (Å²) in [5.74, 6) is 0.939. The third-order valence-corrected chi connectivity index (χ3v) is 3.16. The lowest BCUT2D eigenvalue weighted by Crippen LogP contribution is -2.18. The van der Waals surface area contributed by atoms with Gasteiger partial charge in [0.25, 0.3) is 0 Å². The first kappa shape index (κ1) is 11.3. The van der Waals surface area contributed by atoms with Gasteiger partial charge < -0.3 is 10.1 Å². The smallest absolute Gasteiger partial charge is 0.129 e. The van der Waals surface area contributed by atoms with Crippen molar-refractivity contribution in [2.24, 2.45) is 0 Å². The molecule has 0 radical (unpaired) electrons. The molecule has 0 amide bonds. The average molecular weight is 221 g/mol. The summed E-state index contributed by atoms with van der Waals surface area (Å²) in [7, 11) is 1.78. The summed E-state index contributed by atoms with van der Waals surface area (Å²) < 4.78 is 5.35. The van der Waals surface area contributed by atoms with Crippen LogP contribution in [0.1, 0.15) is 31.9 Å². The molecule has 0 bridgehead atoms. The van der Waals surface area contributed by atoms with Crippen molar-refractivity contribution in [3.8, 4) is 0 Å². The van der Waals surface area contributed by atoms with E-state index in [-0.39, 0.29) is 0 Å². The summed E-state index contributed by atoms with van der Waals surface area (Å²) in [6.45, 7) is 2.10. The second-order valence-corrected chi connectivity index (χ2v) is 4.26. The Hall–Kier alpha value is -1.16. The fourth-order valence-corrected chi connectivity index (χ4v) is 2.16. The lowest BCUT2D eigenvalue weighted by molar-refractivity contribution is 0.108. The molecule has 4 heteroatoms. The van der Waals surface area contributed by atoms with Gasteiger partial charge in [0.15, 0.2) is 0 Å². The van der Waals surface area contributed by atoms with E-state index in [1.54, 1.807) is 13.4 Å². The van der Waals surface area contributed by atoms with Crippen LogP contribution in [-0.2, 0) is 11.2 Å². The zero-order valence-corrected chi connectivity index (χ0v) is 9.94. The van der Waals surface area contributed by atoms with Crippen LogP contribution in [-0.4, -0.2) is 29.2 Å². The Kier molecular flexibility index (Phi) is 3.72. The Morgan fingerprint density at radius 1 is 1.44 bits per heavy atom. The monoisotopic (exact) mass is 221 g/mol. The van der Waals surface area contributed by atoms with Crippen LogP contribution >= 0.6 is 0 Å². The first-order valence-electron chi connectivity index (χ1n) is 5.92. The third kappa shape index (κ3) is 2.70. The van der Waals surface area contributed by atoms with Gasteiger partial charge in [-0.2, -0.15) is 0 Å². The SMILES string of the molecule is CCc1cc(NC2CCC(OC)C2)ncn1. The molecule has 1 fully saturated rings. The summed E-state index contributed by atoms with van der Waals surface area (Å²) >= 11 is 0. The highest BCUT2D eigenvalue weighted by molar-refractivity contribution is 5.36. The minimum absolute atomic E-state index is 0.407. The first-order valence-corrected chi connectivity index (χ1v) is 5.92. The lowest BCUT2D eigenvalue weighted by Gasteiger charge is -2.13. The minimum atomic E-state index is 0.407. The molecule has 2 unspecified atom stereocenters. The standard InChI is InChI=1S/C12H19N3O/c1-3-9-7-12(14-8-13-9)15-10-4-5-11(6-10)16-2/h7-8,10-11H,3-6H2,1-2H3,(H,13,14,15). The van der Waals surface area contributed by atoms with E-state index in [1.807, 2.05) is 6.07 Å². The van der Waals surface area contributed by atoms with Crippen LogP contribution in [0, 0.1) is 0 Å². The number of aryl methyl sites for hydroxylation is 1. The van der Waals surface area contributed by atoms with Gasteiger partial charge in [-0.25, -0.2) is 9.97 Å². The maximum Gasteiger partial charge on any atom is 0.129 e. The largest absolute Gasteiger partial charge is 0.381 e. The molecule has 1 heterocycles. The number of hydrogen-bond donors (Lipinski definition) is 1. The number of nitrogens with zero attached hydrogens (tertiary/aromatic N) is 2.